The molecule has 0 fully saturated rings. The zero-order valence-electron chi connectivity index (χ0n) is 15.6. The molecule has 0 aliphatic heterocycles. The Balaban J connectivity index is 1.46. The first-order valence-corrected chi connectivity index (χ1v) is 10.3. The molecule has 0 saturated heterocycles. The lowest BCUT2D eigenvalue weighted by atomic mass is 10.1. The Morgan fingerprint density at radius 2 is 1.79 bits per heavy atom. The van der Waals surface area contributed by atoms with Gasteiger partial charge in [-0.2, -0.15) is 0 Å². The SMILES string of the molecule is Cc1cc(C)cc(-c2nnc(SCC(=O)NNC(=O)Cc3nc(C)cs3)o2)c1. The molecule has 8 nitrogen and oxygen atoms in total. The first kappa shape index (κ1) is 20.0. The van der Waals surface area contributed by atoms with Gasteiger partial charge < -0.3 is 4.42 Å². The number of carbonyl (C=O) groups excluding carboxylic acids is 2. The van der Waals surface area contributed by atoms with Crippen LogP contribution in [0.25, 0.3) is 11.5 Å². The normalized spacial score (nSPS) is 10.7. The molecule has 2 aromatic heterocycles. The number of nitrogens with zero attached hydrogens (tertiary/aromatic N) is 3. The fourth-order valence-electron chi connectivity index (χ4n) is 2.45. The molecule has 0 atom stereocenters. The molecule has 2 amide bonds. The molecule has 2 heterocycles. The third kappa shape index (κ3) is 5.64. The highest BCUT2D eigenvalue weighted by molar-refractivity contribution is 7.99. The number of amides is 2. The van der Waals surface area contributed by atoms with Gasteiger partial charge in [-0.05, 0) is 32.9 Å². The summed E-state index contributed by atoms with van der Waals surface area (Å²) in [5, 5.41) is 10.8. The van der Waals surface area contributed by atoms with Gasteiger partial charge in [0.2, 0.25) is 17.7 Å². The standard InChI is InChI=1S/C18H19N5O3S2/c1-10-4-11(2)6-13(5-10)17-22-23-18(26-17)28-9-15(25)21-20-14(24)7-16-19-12(3)8-27-16/h4-6,8H,7,9H2,1-3H3,(H,20,24)(H,21,25). The van der Waals surface area contributed by atoms with Gasteiger partial charge in [0, 0.05) is 16.6 Å². The van der Waals surface area contributed by atoms with Crippen LogP contribution in [-0.4, -0.2) is 32.7 Å². The van der Waals surface area contributed by atoms with Crippen molar-refractivity contribution in [2.45, 2.75) is 32.4 Å². The van der Waals surface area contributed by atoms with Gasteiger partial charge in [-0.25, -0.2) is 4.98 Å². The van der Waals surface area contributed by atoms with Crippen molar-refractivity contribution >= 4 is 34.9 Å². The summed E-state index contributed by atoms with van der Waals surface area (Å²) < 4.78 is 5.60. The topological polar surface area (TPSA) is 110 Å². The van der Waals surface area contributed by atoms with Gasteiger partial charge in [-0.3, -0.25) is 20.4 Å². The number of rotatable bonds is 6. The molecular formula is C18H19N5O3S2. The van der Waals surface area contributed by atoms with Crippen LogP contribution in [-0.2, 0) is 16.0 Å². The smallest absolute Gasteiger partial charge is 0.277 e. The molecule has 2 N–H and O–H groups in total. The van der Waals surface area contributed by atoms with Gasteiger partial charge in [0.05, 0.1) is 12.2 Å². The maximum absolute atomic E-state index is 11.9. The number of aromatic nitrogens is 3. The average Bonchev–Trinajstić information content (AvgIpc) is 3.26. The maximum atomic E-state index is 11.9. The van der Waals surface area contributed by atoms with Crippen molar-refractivity contribution in [1.82, 2.24) is 26.0 Å². The average molecular weight is 418 g/mol. The highest BCUT2D eigenvalue weighted by atomic mass is 32.2. The Kier molecular flexibility index (Phi) is 6.42. The monoisotopic (exact) mass is 417 g/mol. The Bertz CT molecular complexity index is 979. The molecule has 146 valence electrons. The van der Waals surface area contributed by atoms with E-state index in [-0.39, 0.29) is 29.2 Å². The van der Waals surface area contributed by atoms with Crippen LogP contribution in [0.2, 0.25) is 0 Å². The van der Waals surface area contributed by atoms with Crippen LogP contribution in [0.15, 0.2) is 33.2 Å². The molecule has 0 radical (unpaired) electrons. The number of hydrogen-bond acceptors (Lipinski definition) is 8. The van der Waals surface area contributed by atoms with Crippen LogP contribution in [0, 0.1) is 20.8 Å². The number of thioether (sulfide) groups is 1. The van der Waals surface area contributed by atoms with Gasteiger partial charge >= 0.3 is 0 Å². The number of hydrazine groups is 1. The fourth-order valence-corrected chi connectivity index (χ4v) is 3.78. The van der Waals surface area contributed by atoms with Gasteiger partial charge in [0.25, 0.3) is 5.22 Å². The first-order chi connectivity index (χ1) is 13.4. The molecule has 0 saturated carbocycles. The van der Waals surface area contributed by atoms with Crippen LogP contribution in [0.4, 0.5) is 0 Å². The van der Waals surface area contributed by atoms with Gasteiger partial charge in [0.15, 0.2) is 0 Å². The minimum absolute atomic E-state index is 0.0329. The van der Waals surface area contributed by atoms with E-state index in [4.69, 9.17) is 4.42 Å². The molecular weight excluding hydrogens is 398 g/mol. The summed E-state index contributed by atoms with van der Waals surface area (Å²) in [4.78, 5) is 27.9. The Hall–Kier alpha value is -2.72. The highest BCUT2D eigenvalue weighted by Gasteiger charge is 2.13. The number of aryl methyl sites for hydroxylation is 3. The van der Waals surface area contributed by atoms with Gasteiger partial charge in [-0.1, -0.05) is 29.0 Å². The Morgan fingerprint density at radius 3 is 2.46 bits per heavy atom. The highest BCUT2D eigenvalue weighted by Crippen LogP contribution is 2.24. The van der Waals surface area contributed by atoms with E-state index < -0.39 is 0 Å². The molecule has 1 aromatic carbocycles. The van der Waals surface area contributed by atoms with E-state index in [1.807, 2.05) is 38.3 Å². The quantitative estimate of drug-likeness (QED) is 0.468. The summed E-state index contributed by atoms with van der Waals surface area (Å²) >= 11 is 2.50. The molecule has 3 aromatic rings. The van der Waals surface area contributed by atoms with E-state index in [2.05, 4.69) is 32.1 Å². The lowest BCUT2D eigenvalue weighted by Gasteiger charge is -2.05. The summed E-state index contributed by atoms with van der Waals surface area (Å²) in [6.45, 7) is 5.85. The van der Waals surface area contributed by atoms with E-state index in [0.717, 1.165) is 34.1 Å². The summed E-state index contributed by atoms with van der Waals surface area (Å²) in [5.41, 5.74) is 8.64. The summed E-state index contributed by atoms with van der Waals surface area (Å²) in [6, 6.07) is 5.98. The van der Waals surface area contributed by atoms with E-state index in [1.165, 1.54) is 11.3 Å². The third-order valence-electron chi connectivity index (χ3n) is 3.52. The van der Waals surface area contributed by atoms with Crippen molar-refractivity contribution in [1.29, 1.82) is 0 Å². The van der Waals surface area contributed by atoms with Crippen molar-refractivity contribution in [3.8, 4) is 11.5 Å². The zero-order valence-corrected chi connectivity index (χ0v) is 17.2. The van der Waals surface area contributed by atoms with Crippen molar-refractivity contribution in [2.75, 3.05) is 5.75 Å². The molecule has 0 bridgehead atoms. The molecule has 0 aliphatic rings. The van der Waals surface area contributed by atoms with Crippen LogP contribution in [0.1, 0.15) is 21.8 Å². The third-order valence-corrected chi connectivity index (χ3v) is 5.31. The summed E-state index contributed by atoms with van der Waals surface area (Å²) in [6.07, 6.45) is 0.120. The maximum Gasteiger partial charge on any atom is 0.277 e. The summed E-state index contributed by atoms with van der Waals surface area (Å²) in [5.74, 6) is -0.269. The molecule has 0 unspecified atom stereocenters. The number of hydrogen-bond donors (Lipinski definition) is 2. The van der Waals surface area contributed by atoms with Crippen molar-refractivity contribution < 1.29 is 14.0 Å². The van der Waals surface area contributed by atoms with Crippen molar-refractivity contribution in [2.24, 2.45) is 0 Å². The predicted molar refractivity (Wildman–Crippen MR) is 107 cm³/mol. The first-order valence-electron chi connectivity index (χ1n) is 8.42. The van der Waals surface area contributed by atoms with E-state index in [0.29, 0.717) is 10.9 Å². The lowest BCUT2D eigenvalue weighted by Crippen LogP contribution is -2.43. The second kappa shape index (κ2) is 8.98. The number of nitrogens with one attached hydrogen (secondary N) is 2. The molecule has 0 aliphatic carbocycles. The molecule has 3 rings (SSSR count). The van der Waals surface area contributed by atoms with Crippen molar-refractivity contribution in [3.63, 3.8) is 0 Å². The Labute approximate surface area is 170 Å². The van der Waals surface area contributed by atoms with Crippen LogP contribution >= 0.6 is 23.1 Å². The zero-order chi connectivity index (χ0) is 20.1. The van der Waals surface area contributed by atoms with Gasteiger partial charge in [0.1, 0.15) is 5.01 Å². The van der Waals surface area contributed by atoms with E-state index in [9.17, 15) is 9.59 Å². The van der Waals surface area contributed by atoms with Gasteiger partial charge in [-0.15, -0.1) is 21.5 Å². The van der Waals surface area contributed by atoms with Crippen LogP contribution < -0.4 is 10.9 Å². The van der Waals surface area contributed by atoms with Crippen molar-refractivity contribution in [3.05, 3.63) is 45.4 Å². The minimum Gasteiger partial charge on any atom is -0.411 e. The Morgan fingerprint density at radius 1 is 1.07 bits per heavy atom. The predicted octanol–water partition coefficient (Wildman–Crippen LogP) is 2.60. The van der Waals surface area contributed by atoms with Crippen LogP contribution in [0.3, 0.4) is 0 Å². The second-order valence-corrected chi connectivity index (χ2v) is 8.06. The molecule has 10 heteroatoms. The minimum atomic E-state index is -0.375. The van der Waals surface area contributed by atoms with E-state index >= 15 is 0 Å². The largest absolute Gasteiger partial charge is 0.411 e. The lowest BCUT2D eigenvalue weighted by molar-refractivity contribution is -0.127. The number of benzene rings is 1. The fraction of sp³-hybridized carbons (Fsp3) is 0.278. The van der Waals surface area contributed by atoms with E-state index in [1.54, 1.807) is 0 Å². The second-order valence-electron chi connectivity index (χ2n) is 6.19. The molecule has 0 spiro atoms. The number of carbonyl (C=O) groups is 2. The van der Waals surface area contributed by atoms with Crippen LogP contribution in [0.5, 0.6) is 0 Å². The number of thiazole rings is 1. The molecule has 28 heavy (non-hydrogen) atoms. The summed E-state index contributed by atoms with van der Waals surface area (Å²) in [7, 11) is 0.